The van der Waals surface area contributed by atoms with E-state index >= 15 is 0 Å². The minimum Gasteiger partial charge on any atom is -0.457 e. The van der Waals surface area contributed by atoms with E-state index in [0.29, 0.717) is 24.6 Å². The molecule has 1 aliphatic heterocycles. The summed E-state index contributed by atoms with van der Waals surface area (Å²) in [6, 6.07) is 12.0. The van der Waals surface area contributed by atoms with Gasteiger partial charge >= 0.3 is 12.3 Å². The Kier molecular flexibility index (Phi) is 6.62. The van der Waals surface area contributed by atoms with Gasteiger partial charge in [0.1, 0.15) is 17.1 Å². The predicted molar refractivity (Wildman–Crippen MR) is 113 cm³/mol. The molecule has 0 N–H and O–H groups in total. The SMILES string of the molecule is CC(C)(C)OC(=O)N1CCC(=Cc2cccc(Oc3ccc(C(F)(F)F)cc3)c2)CC1. The quantitative estimate of drug-likeness (QED) is 0.528. The highest BCUT2D eigenvalue weighted by molar-refractivity contribution is 5.68. The second kappa shape index (κ2) is 9.04. The van der Waals surface area contributed by atoms with Crippen LogP contribution in [0.2, 0.25) is 0 Å². The molecular formula is C24H26F3NO3. The topological polar surface area (TPSA) is 38.8 Å². The highest BCUT2D eigenvalue weighted by atomic mass is 19.4. The number of ether oxygens (including phenoxy) is 2. The maximum atomic E-state index is 12.7. The molecule has 4 nitrogen and oxygen atoms in total. The Morgan fingerprint density at radius 1 is 0.968 bits per heavy atom. The second-order valence-corrected chi connectivity index (χ2v) is 8.47. The summed E-state index contributed by atoms with van der Waals surface area (Å²) in [5.74, 6) is 0.878. The summed E-state index contributed by atoms with van der Waals surface area (Å²) < 4.78 is 49.2. The third-order valence-corrected chi connectivity index (χ3v) is 4.70. The molecule has 1 heterocycles. The van der Waals surface area contributed by atoms with Gasteiger partial charge in [-0.25, -0.2) is 4.79 Å². The minimum absolute atomic E-state index is 0.293. The van der Waals surface area contributed by atoms with Crippen LogP contribution in [-0.4, -0.2) is 29.7 Å². The van der Waals surface area contributed by atoms with Crippen LogP contribution in [0.3, 0.4) is 0 Å². The molecule has 0 aromatic heterocycles. The van der Waals surface area contributed by atoms with Crippen molar-refractivity contribution in [2.45, 2.75) is 45.4 Å². The van der Waals surface area contributed by atoms with Gasteiger partial charge in [0, 0.05) is 13.1 Å². The van der Waals surface area contributed by atoms with Crippen LogP contribution < -0.4 is 4.74 Å². The fourth-order valence-electron chi connectivity index (χ4n) is 3.20. The van der Waals surface area contributed by atoms with Crippen LogP contribution in [-0.2, 0) is 10.9 Å². The number of hydrogen-bond donors (Lipinski definition) is 0. The number of alkyl halides is 3. The standard InChI is InChI=1S/C24H26F3NO3/c1-23(2,3)31-22(29)28-13-11-17(12-14-28)15-18-5-4-6-21(16-18)30-20-9-7-19(8-10-20)24(25,26)27/h4-10,15-16H,11-14H2,1-3H3. The van der Waals surface area contributed by atoms with Crippen molar-refractivity contribution < 1.29 is 27.4 Å². The van der Waals surface area contributed by atoms with Crippen molar-refractivity contribution >= 4 is 12.2 Å². The third-order valence-electron chi connectivity index (χ3n) is 4.70. The molecule has 1 fully saturated rings. The summed E-state index contributed by atoms with van der Waals surface area (Å²) in [6.45, 7) is 6.74. The van der Waals surface area contributed by atoms with Gasteiger partial charge in [0.2, 0.25) is 0 Å². The Labute approximate surface area is 180 Å². The molecule has 3 rings (SSSR count). The van der Waals surface area contributed by atoms with Crippen LogP contribution in [0.4, 0.5) is 18.0 Å². The van der Waals surface area contributed by atoms with Gasteiger partial charge in [0.25, 0.3) is 0 Å². The third kappa shape index (κ3) is 6.77. The van der Waals surface area contributed by atoms with Gasteiger partial charge < -0.3 is 14.4 Å². The van der Waals surface area contributed by atoms with Crippen LogP contribution >= 0.6 is 0 Å². The average Bonchev–Trinajstić information content (AvgIpc) is 2.67. The number of rotatable bonds is 3. The number of carbonyl (C=O) groups excluding carboxylic acids is 1. The Hall–Kier alpha value is -2.96. The van der Waals surface area contributed by atoms with Gasteiger partial charge in [-0.05, 0) is 75.6 Å². The summed E-state index contributed by atoms with van der Waals surface area (Å²) >= 11 is 0. The van der Waals surface area contributed by atoms with Gasteiger partial charge in [-0.3, -0.25) is 0 Å². The van der Waals surface area contributed by atoms with Crippen molar-refractivity contribution in [1.82, 2.24) is 4.90 Å². The number of benzene rings is 2. The fraction of sp³-hybridized carbons (Fsp3) is 0.375. The Morgan fingerprint density at radius 3 is 2.19 bits per heavy atom. The van der Waals surface area contributed by atoms with E-state index in [1.54, 1.807) is 11.0 Å². The molecule has 0 spiro atoms. The first-order valence-electron chi connectivity index (χ1n) is 10.1. The molecule has 0 unspecified atom stereocenters. The molecule has 0 saturated carbocycles. The Morgan fingerprint density at radius 2 is 1.61 bits per heavy atom. The fourth-order valence-corrected chi connectivity index (χ4v) is 3.20. The zero-order valence-corrected chi connectivity index (χ0v) is 17.8. The molecule has 7 heteroatoms. The van der Waals surface area contributed by atoms with Gasteiger partial charge in [-0.1, -0.05) is 23.8 Å². The highest BCUT2D eigenvalue weighted by Crippen LogP contribution is 2.32. The lowest BCUT2D eigenvalue weighted by Gasteiger charge is -2.31. The summed E-state index contributed by atoms with van der Waals surface area (Å²) in [6.07, 6.45) is -1.10. The molecule has 166 valence electrons. The van der Waals surface area contributed by atoms with Crippen LogP contribution in [0.25, 0.3) is 6.08 Å². The predicted octanol–water partition coefficient (Wildman–Crippen LogP) is 6.91. The van der Waals surface area contributed by atoms with Gasteiger partial charge in [-0.15, -0.1) is 0 Å². The maximum absolute atomic E-state index is 12.7. The number of likely N-dealkylation sites (tertiary alicyclic amines) is 1. The minimum atomic E-state index is -4.37. The lowest BCUT2D eigenvalue weighted by Crippen LogP contribution is -2.40. The molecule has 1 amide bonds. The first-order chi connectivity index (χ1) is 14.5. The van der Waals surface area contributed by atoms with Crippen LogP contribution in [0.1, 0.15) is 44.7 Å². The zero-order chi connectivity index (χ0) is 22.6. The van der Waals surface area contributed by atoms with Crippen molar-refractivity contribution in [3.63, 3.8) is 0 Å². The number of halogens is 3. The van der Waals surface area contributed by atoms with E-state index < -0.39 is 17.3 Å². The van der Waals surface area contributed by atoms with E-state index in [2.05, 4.69) is 6.08 Å². The lowest BCUT2D eigenvalue weighted by atomic mass is 10.0. The van der Waals surface area contributed by atoms with Gasteiger partial charge in [0.15, 0.2) is 0 Å². The molecule has 31 heavy (non-hydrogen) atoms. The number of amides is 1. The summed E-state index contributed by atoms with van der Waals surface area (Å²) in [7, 11) is 0. The van der Waals surface area contributed by atoms with Crippen molar-refractivity contribution in [2.75, 3.05) is 13.1 Å². The van der Waals surface area contributed by atoms with E-state index in [0.717, 1.165) is 30.5 Å². The molecular weight excluding hydrogens is 407 g/mol. The van der Waals surface area contributed by atoms with E-state index in [1.807, 2.05) is 39.0 Å². The largest absolute Gasteiger partial charge is 0.457 e. The van der Waals surface area contributed by atoms with Crippen LogP contribution in [0, 0.1) is 0 Å². The van der Waals surface area contributed by atoms with Crippen LogP contribution in [0.15, 0.2) is 54.1 Å². The van der Waals surface area contributed by atoms with Gasteiger partial charge in [0.05, 0.1) is 5.56 Å². The zero-order valence-electron chi connectivity index (χ0n) is 17.8. The van der Waals surface area contributed by atoms with Crippen LogP contribution in [0.5, 0.6) is 11.5 Å². The normalized spacial score (nSPS) is 14.9. The van der Waals surface area contributed by atoms with E-state index in [4.69, 9.17) is 9.47 Å². The van der Waals surface area contributed by atoms with Crippen molar-refractivity contribution in [3.8, 4) is 11.5 Å². The van der Waals surface area contributed by atoms with E-state index in [9.17, 15) is 18.0 Å². The summed E-state index contributed by atoms with van der Waals surface area (Å²) in [4.78, 5) is 13.9. The number of piperidine rings is 1. The molecule has 0 aliphatic carbocycles. The molecule has 2 aromatic rings. The molecule has 0 atom stereocenters. The number of hydrogen-bond acceptors (Lipinski definition) is 3. The van der Waals surface area contributed by atoms with Crippen molar-refractivity contribution in [3.05, 3.63) is 65.2 Å². The Balaban J connectivity index is 1.61. The summed E-state index contributed by atoms with van der Waals surface area (Å²) in [5, 5.41) is 0. The maximum Gasteiger partial charge on any atom is 0.416 e. The molecule has 2 aromatic carbocycles. The molecule has 1 saturated heterocycles. The molecule has 1 aliphatic rings. The highest BCUT2D eigenvalue weighted by Gasteiger charge is 2.30. The smallest absolute Gasteiger partial charge is 0.416 e. The van der Waals surface area contributed by atoms with E-state index in [-0.39, 0.29) is 6.09 Å². The lowest BCUT2D eigenvalue weighted by molar-refractivity contribution is -0.137. The van der Waals surface area contributed by atoms with Gasteiger partial charge in [-0.2, -0.15) is 13.2 Å². The average molecular weight is 433 g/mol. The first-order valence-corrected chi connectivity index (χ1v) is 10.1. The Bertz CT molecular complexity index is 934. The monoisotopic (exact) mass is 433 g/mol. The van der Waals surface area contributed by atoms with E-state index in [1.165, 1.54) is 17.7 Å². The number of nitrogens with zero attached hydrogens (tertiary/aromatic N) is 1. The number of carbonyl (C=O) groups is 1. The molecule has 0 radical (unpaired) electrons. The summed E-state index contributed by atoms with van der Waals surface area (Å²) in [5.41, 5.74) is 0.924. The van der Waals surface area contributed by atoms with Crippen molar-refractivity contribution in [1.29, 1.82) is 0 Å². The molecule has 0 bridgehead atoms. The first kappa shape index (κ1) is 22.7. The second-order valence-electron chi connectivity index (χ2n) is 8.47. The van der Waals surface area contributed by atoms with Crippen molar-refractivity contribution in [2.24, 2.45) is 0 Å².